The van der Waals surface area contributed by atoms with Crippen molar-refractivity contribution < 1.29 is 17.6 Å². The van der Waals surface area contributed by atoms with E-state index in [0.717, 1.165) is 25.0 Å². The summed E-state index contributed by atoms with van der Waals surface area (Å²) >= 11 is 0. The van der Waals surface area contributed by atoms with Crippen molar-refractivity contribution in [2.45, 2.75) is 24.7 Å². The molecule has 1 saturated carbocycles. The molecule has 0 saturated heterocycles. The first-order chi connectivity index (χ1) is 8.79. The number of hydrogen-bond acceptors (Lipinski definition) is 3. The molecule has 0 bridgehead atoms. The number of carbonyl (C=O) groups excluding carboxylic acids is 1. The molecule has 0 atom stereocenters. The monoisotopic (exact) mass is 305 g/mol. The number of halogens is 2. The molecule has 19 heavy (non-hydrogen) atoms. The molecule has 1 fully saturated rings. The summed E-state index contributed by atoms with van der Waals surface area (Å²) in [6.45, 7) is 1.96. The first-order valence-corrected chi connectivity index (χ1v) is 8.13. The Balaban J connectivity index is 2.33. The molecule has 0 radical (unpaired) electrons. The average Bonchev–Trinajstić information content (AvgIpc) is 3.11. The first kappa shape index (κ1) is 14.3. The van der Waals surface area contributed by atoms with Crippen molar-refractivity contribution in [3.8, 4) is 0 Å². The van der Waals surface area contributed by atoms with E-state index in [9.17, 15) is 17.6 Å². The smallest absolute Gasteiger partial charge is 0.261 e. The van der Waals surface area contributed by atoms with Crippen LogP contribution < -0.4 is 5.32 Å². The largest absolute Gasteiger partial charge is 0.352 e. The minimum Gasteiger partial charge on any atom is -0.352 e. The van der Waals surface area contributed by atoms with Crippen LogP contribution in [-0.4, -0.2) is 20.9 Å². The Morgan fingerprint density at radius 3 is 2.63 bits per heavy atom. The molecular formula is C12H13ClFNO3S. The van der Waals surface area contributed by atoms with Gasteiger partial charge in [0.05, 0.1) is 4.90 Å². The third kappa shape index (κ3) is 3.45. The zero-order chi connectivity index (χ0) is 14.2. The fourth-order valence-corrected chi connectivity index (χ4v) is 3.01. The second-order valence-corrected chi connectivity index (χ2v) is 7.20. The quantitative estimate of drug-likeness (QED) is 0.867. The molecule has 1 aromatic rings. The van der Waals surface area contributed by atoms with Crippen LogP contribution in [0.25, 0.3) is 0 Å². The zero-order valence-electron chi connectivity index (χ0n) is 10.2. The maximum absolute atomic E-state index is 13.4. The Hall–Kier alpha value is -1.14. The van der Waals surface area contributed by atoms with Gasteiger partial charge in [-0.3, -0.25) is 4.79 Å². The highest BCUT2D eigenvalue weighted by Crippen LogP contribution is 2.28. The Kier molecular flexibility index (Phi) is 3.82. The average molecular weight is 306 g/mol. The van der Waals surface area contributed by atoms with Crippen LogP contribution in [0.5, 0.6) is 0 Å². The Bertz CT molecular complexity index is 626. The fourth-order valence-electron chi connectivity index (χ4n) is 1.80. The molecule has 1 amide bonds. The molecule has 4 nitrogen and oxygen atoms in total. The van der Waals surface area contributed by atoms with Gasteiger partial charge >= 0.3 is 0 Å². The van der Waals surface area contributed by atoms with Crippen molar-refractivity contribution in [2.75, 3.05) is 6.54 Å². The highest BCUT2D eigenvalue weighted by molar-refractivity contribution is 8.13. The van der Waals surface area contributed by atoms with Gasteiger partial charge in [0.25, 0.3) is 15.0 Å². The van der Waals surface area contributed by atoms with Gasteiger partial charge in [0.2, 0.25) is 0 Å². The molecule has 0 heterocycles. The van der Waals surface area contributed by atoms with Gasteiger partial charge < -0.3 is 5.32 Å². The zero-order valence-corrected chi connectivity index (χ0v) is 11.8. The van der Waals surface area contributed by atoms with Crippen molar-refractivity contribution in [1.29, 1.82) is 0 Å². The van der Waals surface area contributed by atoms with Crippen LogP contribution in [0.15, 0.2) is 17.0 Å². The first-order valence-electron chi connectivity index (χ1n) is 5.82. The van der Waals surface area contributed by atoms with Crippen LogP contribution in [0.2, 0.25) is 0 Å². The summed E-state index contributed by atoms with van der Waals surface area (Å²) in [4.78, 5) is 11.5. The third-order valence-corrected chi connectivity index (χ3v) is 4.53. The van der Waals surface area contributed by atoms with Gasteiger partial charge in [-0.2, -0.15) is 0 Å². The number of nitrogens with one attached hydrogen (secondary N) is 1. The van der Waals surface area contributed by atoms with E-state index in [4.69, 9.17) is 10.7 Å². The predicted octanol–water partition coefficient (Wildman–Crippen LogP) is 2.20. The van der Waals surface area contributed by atoms with Crippen molar-refractivity contribution >= 4 is 25.6 Å². The number of benzene rings is 1. The number of amides is 1. The number of carbonyl (C=O) groups is 1. The highest BCUT2D eigenvalue weighted by Gasteiger charge is 2.24. The van der Waals surface area contributed by atoms with Crippen molar-refractivity contribution in [3.63, 3.8) is 0 Å². The van der Waals surface area contributed by atoms with E-state index < -0.39 is 20.8 Å². The molecule has 2 rings (SSSR count). The lowest BCUT2D eigenvalue weighted by Crippen LogP contribution is -2.26. The molecule has 1 aromatic carbocycles. The van der Waals surface area contributed by atoms with Gasteiger partial charge in [-0.25, -0.2) is 12.8 Å². The Morgan fingerprint density at radius 1 is 1.47 bits per heavy atom. The molecular weight excluding hydrogens is 293 g/mol. The van der Waals surface area contributed by atoms with Gasteiger partial charge in [-0.15, -0.1) is 0 Å². The second-order valence-electron chi connectivity index (χ2n) is 4.67. The number of rotatable bonds is 4. The summed E-state index contributed by atoms with van der Waals surface area (Å²) in [6, 6.07) is 1.83. The summed E-state index contributed by atoms with van der Waals surface area (Å²) < 4.78 is 36.1. The van der Waals surface area contributed by atoms with Gasteiger partial charge in [0, 0.05) is 22.8 Å². The topological polar surface area (TPSA) is 63.2 Å². The van der Waals surface area contributed by atoms with Gasteiger partial charge in [0.15, 0.2) is 0 Å². The van der Waals surface area contributed by atoms with Crippen LogP contribution in [-0.2, 0) is 9.05 Å². The fraction of sp³-hybridized carbons (Fsp3) is 0.417. The van der Waals surface area contributed by atoms with E-state index in [1.165, 1.54) is 6.92 Å². The summed E-state index contributed by atoms with van der Waals surface area (Å²) in [6.07, 6.45) is 2.15. The van der Waals surface area contributed by atoms with Gasteiger partial charge in [-0.05, 0) is 43.4 Å². The van der Waals surface area contributed by atoms with Crippen molar-refractivity contribution in [3.05, 3.63) is 29.1 Å². The summed E-state index contributed by atoms with van der Waals surface area (Å²) in [5.74, 6) is -0.805. The van der Waals surface area contributed by atoms with E-state index in [1.54, 1.807) is 0 Å². The van der Waals surface area contributed by atoms with E-state index in [1.807, 2.05) is 0 Å². The van der Waals surface area contributed by atoms with Crippen LogP contribution in [0, 0.1) is 18.7 Å². The van der Waals surface area contributed by atoms with E-state index >= 15 is 0 Å². The molecule has 0 unspecified atom stereocenters. The molecule has 104 valence electrons. The molecule has 7 heteroatoms. The van der Waals surface area contributed by atoms with Crippen molar-refractivity contribution in [2.24, 2.45) is 5.92 Å². The summed E-state index contributed by atoms with van der Waals surface area (Å²) in [5.41, 5.74) is 0.157. The standard InChI is InChI=1S/C12H13ClFNO3S/c1-7-10(12(16)15-6-8-2-3-8)4-9(14)5-11(7)19(13,17)18/h4-5,8H,2-3,6H2,1H3,(H,15,16). The van der Waals surface area contributed by atoms with Gasteiger partial charge in [0.1, 0.15) is 5.82 Å². The Morgan fingerprint density at radius 2 is 2.11 bits per heavy atom. The SMILES string of the molecule is Cc1c(C(=O)NCC2CC2)cc(F)cc1S(=O)(=O)Cl. The van der Waals surface area contributed by atoms with Crippen LogP contribution in [0.4, 0.5) is 4.39 Å². The van der Waals surface area contributed by atoms with Crippen LogP contribution in [0.3, 0.4) is 0 Å². The van der Waals surface area contributed by atoms with E-state index in [2.05, 4.69) is 5.32 Å². The molecule has 1 aliphatic rings. The van der Waals surface area contributed by atoms with E-state index in [0.29, 0.717) is 12.5 Å². The summed E-state index contributed by atoms with van der Waals surface area (Å²) in [7, 11) is 1.15. The molecule has 0 aliphatic heterocycles. The minimum atomic E-state index is -4.08. The predicted molar refractivity (Wildman–Crippen MR) is 69.2 cm³/mol. The van der Waals surface area contributed by atoms with E-state index in [-0.39, 0.29) is 16.0 Å². The second kappa shape index (κ2) is 5.09. The Labute approximate surface area is 115 Å². The van der Waals surface area contributed by atoms with Gasteiger partial charge in [-0.1, -0.05) is 0 Å². The van der Waals surface area contributed by atoms with Crippen molar-refractivity contribution in [1.82, 2.24) is 5.32 Å². The number of hydrogen-bond donors (Lipinski definition) is 1. The highest BCUT2D eigenvalue weighted by atomic mass is 35.7. The lowest BCUT2D eigenvalue weighted by molar-refractivity contribution is 0.0950. The molecule has 1 aliphatic carbocycles. The molecule has 0 aromatic heterocycles. The maximum atomic E-state index is 13.4. The lowest BCUT2D eigenvalue weighted by atomic mass is 10.1. The van der Waals surface area contributed by atoms with Crippen LogP contribution >= 0.6 is 10.7 Å². The normalized spacial score (nSPS) is 15.3. The lowest BCUT2D eigenvalue weighted by Gasteiger charge is -2.10. The third-order valence-electron chi connectivity index (χ3n) is 3.08. The maximum Gasteiger partial charge on any atom is 0.261 e. The van der Waals surface area contributed by atoms with Crippen LogP contribution in [0.1, 0.15) is 28.8 Å². The molecule has 1 N–H and O–H groups in total. The molecule has 0 spiro atoms. The summed E-state index contributed by atoms with van der Waals surface area (Å²) in [5, 5.41) is 2.66. The minimum absolute atomic E-state index is 0.000116.